The number of nitrogens with one attached hydrogen (secondary N) is 1. The van der Waals surface area contributed by atoms with Gasteiger partial charge in [-0.3, -0.25) is 0 Å². The third kappa shape index (κ3) is 10.9. The van der Waals surface area contributed by atoms with Gasteiger partial charge in [0, 0.05) is 18.7 Å². The zero-order valence-electron chi connectivity index (χ0n) is 21.4. The lowest BCUT2D eigenvalue weighted by atomic mass is 10.1. The van der Waals surface area contributed by atoms with Crippen LogP contribution in [0.25, 0.3) is 0 Å². The van der Waals surface area contributed by atoms with Crippen LogP contribution in [0.15, 0.2) is 72.8 Å². The molecule has 7 nitrogen and oxygen atoms in total. The van der Waals surface area contributed by atoms with E-state index in [0.29, 0.717) is 37.5 Å². The Hall–Kier alpha value is -2.94. The van der Waals surface area contributed by atoms with E-state index in [2.05, 4.69) is 5.32 Å². The summed E-state index contributed by atoms with van der Waals surface area (Å²) < 4.78 is 17.3. The number of phenols is 1. The molecule has 200 valence electrons. The summed E-state index contributed by atoms with van der Waals surface area (Å²) in [6, 6.07) is 22.4. The molecule has 0 fully saturated rings. The fourth-order valence-corrected chi connectivity index (χ4v) is 3.84. The van der Waals surface area contributed by atoms with Crippen molar-refractivity contribution in [1.29, 1.82) is 0 Å². The molecule has 7 heteroatoms. The second kappa shape index (κ2) is 16.7. The molecule has 3 aromatic carbocycles. The highest BCUT2D eigenvalue weighted by atomic mass is 16.5. The molecule has 0 aliphatic carbocycles. The standard InChI is InChI=1S/C30H39NO6/c32-22-26-20-25(13-14-29(26)33)30(34)21-31-15-6-1-2-7-16-35-17-18-36-23-24-9-8-12-28(19-24)37-27-10-4-3-5-11-27/h3-5,8-14,19-20,30-34H,1-2,6-7,15-18,21-23H2/t30-/m0/s1. The van der Waals surface area contributed by atoms with Crippen LogP contribution in [-0.2, 0) is 22.7 Å². The second-order valence-corrected chi connectivity index (χ2v) is 8.91. The van der Waals surface area contributed by atoms with E-state index in [-0.39, 0.29) is 12.4 Å². The number of rotatable bonds is 18. The lowest BCUT2D eigenvalue weighted by Crippen LogP contribution is -2.22. The van der Waals surface area contributed by atoms with Crippen LogP contribution in [0, 0.1) is 0 Å². The molecule has 0 amide bonds. The molecule has 4 N–H and O–H groups in total. The minimum atomic E-state index is -0.673. The zero-order valence-corrected chi connectivity index (χ0v) is 21.4. The molecule has 3 aromatic rings. The first-order valence-corrected chi connectivity index (χ1v) is 12.9. The third-order valence-electron chi connectivity index (χ3n) is 5.91. The summed E-state index contributed by atoms with van der Waals surface area (Å²) in [5, 5.41) is 32.4. The number of para-hydroxylation sites is 1. The van der Waals surface area contributed by atoms with Gasteiger partial charge in [0.2, 0.25) is 0 Å². The van der Waals surface area contributed by atoms with Gasteiger partial charge in [-0.2, -0.15) is 0 Å². The second-order valence-electron chi connectivity index (χ2n) is 8.91. The van der Waals surface area contributed by atoms with Crippen LogP contribution >= 0.6 is 0 Å². The Labute approximate surface area is 219 Å². The van der Waals surface area contributed by atoms with Crippen LogP contribution < -0.4 is 10.1 Å². The average molecular weight is 510 g/mol. The van der Waals surface area contributed by atoms with Crippen LogP contribution in [0.4, 0.5) is 0 Å². The molecule has 0 aromatic heterocycles. The summed E-state index contributed by atoms with van der Waals surface area (Å²) >= 11 is 0. The van der Waals surface area contributed by atoms with Gasteiger partial charge < -0.3 is 34.8 Å². The van der Waals surface area contributed by atoms with E-state index in [1.165, 1.54) is 6.07 Å². The summed E-state index contributed by atoms with van der Waals surface area (Å²) in [7, 11) is 0. The summed E-state index contributed by atoms with van der Waals surface area (Å²) in [6.45, 7) is 3.38. The zero-order chi connectivity index (χ0) is 26.1. The Bertz CT molecular complexity index is 1030. The maximum Gasteiger partial charge on any atom is 0.127 e. The Morgan fingerprint density at radius 2 is 1.54 bits per heavy atom. The number of benzene rings is 3. The number of unbranched alkanes of at least 4 members (excludes halogenated alkanes) is 3. The fraction of sp³-hybridized carbons (Fsp3) is 0.400. The Morgan fingerprint density at radius 3 is 2.38 bits per heavy atom. The van der Waals surface area contributed by atoms with Crippen molar-refractivity contribution in [3.05, 3.63) is 89.5 Å². The Kier molecular flexibility index (Phi) is 12.9. The molecule has 0 radical (unpaired) electrons. The first-order chi connectivity index (χ1) is 18.2. The first kappa shape index (κ1) is 28.6. The van der Waals surface area contributed by atoms with Crippen LogP contribution in [0.1, 0.15) is 48.5 Å². The van der Waals surface area contributed by atoms with Crippen LogP contribution in [0.5, 0.6) is 17.2 Å². The third-order valence-corrected chi connectivity index (χ3v) is 5.91. The van der Waals surface area contributed by atoms with Crippen molar-refractivity contribution >= 4 is 0 Å². The van der Waals surface area contributed by atoms with Gasteiger partial charge in [-0.15, -0.1) is 0 Å². The normalized spacial score (nSPS) is 11.9. The van der Waals surface area contributed by atoms with Crippen LogP contribution in [0.2, 0.25) is 0 Å². The van der Waals surface area contributed by atoms with Gasteiger partial charge >= 0.3 is 0 Å². The number of aliphatic hydroxyl groups is 2. The van der Waals surface area contributed by atoms with Crippen molar-refractivity contribution in [3.8, 4) is 17.2 Å². The van der Waals surface area contributed by atoms with Crippen molar-refractivity contribution in [1.82, 2.24) is 5.32 Å². The van der Waals surface area contributed by atoms with E-state index in [9.17, 15) is 15.3 Å². The van der Waals surface area contributed by atoms with Crippen molar-refractivity contribution in [2.75, 3.05) is 32.9 Å². The molecule has 1 atom stereocenters. The minimum absolute atomic E-state index is 0.0406. The van der Waals surface area contributed by atoms with Crippen molar-refractivity contribution in [2.45, 2.75) is 45.0 Å². The lowest BCUT2D eigenvalue weighted by Gasteiger charge is -2.14. The monoisotopic (exact) mass is 509 g/mol. The predicted octanol–water partition coefficient (Wildman–Crippen LogP) is 5.09. The number of hydrogen-bond donors (Lipinski definition) is 4. The van der Waals surface area contributed by atoms with E-state index in [0.717, 1.165) is 55.9 Å². The van der Waals surface area contributed by atoms with E-state index in [1.807, 2.05) is 54.6 Å². The molecular weight excluding hydrogens is 470 g/mol. The van der Waals surface area contributed by atoms with E-state index in [4.69, 9.17) is 14.2 Å². The maximum absolute atomic E-state index is 10.3. The lowest BCUT2D eigenvalue weighted by molar-refractivity contribution is 0.0392. The largest absolute Gasteiger partial charge is 0.508 e. The molecule has 0 heterocycles. The molecule has 0 bridgehead atoms. The highest BCUT2D eigenvalue weighted by Crippen LogP contribution is 2.23. The molecule has 0 spiro atoms. The number of ether oxygens (including phenoxy) is 3. The predicted molar refractivity (Wildman–Crippen MR) is 144 cm³/mol. The average Bonchev–Trinajstić information content (AvgIpc) is 2.92. The molecule has 3 rings (SSSR count). The van der Waals surface area contributed by atoms with Gasteiger partial charge in [-0.1, -0.05) is 49.2 Å². The van der Waals surface area contributed by atoms with Gasteiger partial charge in [0.1, 0.15) is 17.2 Å². The van der Waals surface area contributed by atoms with E-state index in [1.54, 1.807) is 12.1 Å². The topological polar surface area (TPSA) is 100 Å². The molecule has 0 saturated carbocycles. The SMILES string of the molecule is OCc1cc([C@@H](O)CNCCCCCCOCCOCc2cccc(Oc3ccccc3)c2)ccc1O. The van der Waals surface area contributed by atoms with Crippen LogP contribution in [-0.4, -0.2) is 48.2 Å². The van der Waals surface area contributed by atoms with Gasteiger partial charge in [0.05, 0.1) is 32.5 Å². The Morgan fingerprint density at radius 1 is 0.757 bits per heavy atom. The summed E-state index contributed by atoms with van der Waals surface area (Å²) in [5.41, 5.74) is 2.17. The summed E-state index contributed by atoms with van der Waals surface area (Å²) in [6.07, 6.45) is 3.56. The highest BCUT2D eigenvalue weighted by Gasteiger charge is 2.10. The number of aliphatic hydroxyl groups excluding tert-OH is 2. The first-order valence-electron chi connectivity index (χ1n) is 12.9. The molecule has 0 saturated heterocycles. The van der Waals surface area contributed by atoms with Crippen LogP contribution in [0.3, 0.4) is 0 Å². The minimum Gasteiger partial charge on any atom is -0.508 e. The molecule has 0 aliphatic heterocycles. The summed E-state index contributed by atoms with van der Waals surface area (Å²) in [5.74, 6) is 1.65. The van der Waals surface area contributed by atoms with Crippen molar-refractivity contribution < 1.29 is 29.5 Å². The van der Waals surface area contributed by atoms with E-state index < -0.39 is 6.10 Å². The quantitative estimate of drug-likeness (QED) is 0.177. The van der Waals surface area contributed by atoms with Crippen molar-refractivity contribution in [2.24, 2.45) is 0 Å². The maximum atomic E-state index is 10.3. The number of hydrogen-bond acceptors (Lipinski definition) is 7. The highest BCUT2D eigenvalue weighted by molar-refractivity contribution is 5.36. The van der Waals surface area contributed by atoms with E-state index >= 15 is 0 Å². The molecule has 37 heavy (non-hydrogen) atoms. The molecule has 0 aliphatic rings. The van der Waals surface area contributed by atoms with Gasteiger partial charge in [0.25, 0.3) is 0 Å². The van der Waals surface area contributed by atoms with Gasteiger partial charge in [-0.25, -0.2) is 0 Å². The molecular formula is C30H39NO6. The summed E-state index contributed by atoms with van der Waals surface area (Å²) in [4.78, 5) is 0. The van der Waals surface area contributed by atoms with Crippen molar-refractivity contribution in [3.63, 3.8) is 0 Å². The smallest absolute Gasteiger partial charge is 0.127 e. The fourth-order valence-electron chi connectivity index (χ4n) is 3.84. The van der Waals surface area contributed by atoms with Gasteiger partial charge in [0.15, 0.2) is 0 Å². The van der Waals surface area contributed by atoms with Gasteiger partial charge in [-0.05, 0) is 66.9 Å². The Balaban J connectivity index is 1.14. The molecule has 0 unspecified atom stereocenters. The number of aromatic hydroxyl groups is 1.